The lowest BCUT2D eigenvalue weighted by Crippen LogP contribution is -2.46. The third kappa shape index (κ3) is 3.51. The second-order valence-electron chi connectivity index (χ2n) is 9.48. The molecule has 8 nitrogen and oxygen atoms in total. The van der Waals surface area contributed by atoms with Crippen molar-refractivity contribution in [2.45, 2.75) is 70.2 Å². The molecule has 4 atom stereocenters. The van der Waals surface area contributed by atoms with Crippen LogP contribution in [0.3, 0.4) is 0 Å². The SMILES string of the molecule is Cc1cc(C(C(=O)N2CC(O)CC2C2=NC3(CCCc4ccccc43)ON2)C(C)C)on1. The molecule has 3 aliphatic rings. The molecule has 4 unspecified atom stereocenters. The lowest BCUT2D eigenvalue weighted by molar-refractivity contribution is -0.134. The van der Waals surface area contributed by atoms with E-state index in [4.69, 9.17) is 14.4 Å². The Bertz CT molecular complexity index is 1050. The Kier molecular flexibility index (Phi) is 5.29. The quantitative estimate of drug-likeness (QED) is 0.761. The number of aryl methyl sites for hydroxylation is 2. The highest BCUT2D eigenvalue weighted by Gasteiger charge is 2.48. The van der Waals surface area contributed by atoms with Gasteiger partial charge in [0.1, 0.15) is 17.5 Å². The van der Waals surface area contributed by atoms with Crippen molar-refractivity contribution >= 4 is 11.7 Å². The van der Waals surface area contributed by atoms with Crippen LogP contribution in [0.15, 0.2) is 39.8 Å². The van der Waals surface area contributed by atoms with Gasteiger partial charge in [0.05, 0.1) is 17.8 Å². The number of carbonyl (C=O) groups is 1. The zero-order valence-corrected chi connectivity index (χ0v) is 18.7. The van der Waals surface area contributed by atoms with Crippen molar-refractivity contribution in [1.29, 1.82) is 0 Å². The second-order valence-corrected chi connectivity index (χ2v) is 9.48. The fourth-order valence-corrected chi connectivity index (χ4v) is 5.27. The maximum atomic E-state index is 13.7. The van der Waals surface area contributed by atoms with Crippen LogP contribution < -0.4 is 5.48 Å². The molecule has 1 saturated heterocycles. The summed E-state index contributed by atoms with van der Waals surface area (Å²) in [6.07, 6.45) is 2.55. The minimum Gasteiger partial charge on any atom is -0.391 e. The Morgan fingerprint density at radius 2 is 2.16 bits per heavy atom. The first-order valence-electron chi connectivity index (χ1n) is 11.4. The van der Waals surface area contributed by atoms with Crippen molar-refractivity contribution in [1.82, 2.24) is 15.5 Å². The largest absolute Gasteiger partial charge is 0.391 e. The van der Waals surface area contributed by atoms with Crippen LogP contribution in [0.1, 0.15) is 61.6 Å². The molecule has 1 aliphatic carbocycles. The first kappa shape index (κ1) is 21.2. The number of rotatable bonds is 4. The Hall–Kier alpha value is -2.71. The molecule has 8 heteroatoms. The van der Waals surface area contributed by atoms with Crippen molar-refractivity contribution in [3.63, 3.8) is 0 Å². The van der Waals surface area contributed by atoms with Gasteiger partial charge in [-0.3, -0.25) is 4.79 Å². The van der Waals surface area contributed by atoms with E-state index in [-0.39, 0.29) is 24.4 Å². The number of β-amino-alcohol motifs (C(OH)–C–C–N with tert-alkyl or cyclic N) is 1. The molecular formula is C24H30N4O4. The molecule has 2 aliphatic heterocycles. The molecule has 0 bridgehead atoms. The van der Waals surface area contributed by atoms with Gasteiger partial charge in [-0.2, -0.15) is 0 Å². The summed E-state index contributed by atoms with van der Waals surface area (Å²) in [5.74, 6) is 0.601. The zero-order chi connectivity index (χ0) is 22.5. The summed E-state index contributed by atoms with van der Waals surface area (Å²) >= 11 is 0. The van der Waals surface area contributed by atoms with Gasteiger partial charge >= 0.3 is 0 Å². The summed E-state index contributed by atoms with van der Waals surface area (Å²) in [7, 11) is 0. The van der Waals surface area contributed by atoms with Gasteiger partial charge in [0.2, 0.25) is 11.6 Å². The zero-order valence-electron chi connectivity index (χ0n) is 18.7. The summed E-state index contributed by atoms with van der Waals surface area (Å²) in [5.41, 5.74) is 5.31. The van der Waals surface area contributed by atoms with Crippen molar-refractivity contribution < 1.29 is 19.3 Å². The number of nitrogens with zero attached hydrogens (tertiary/aromatic N) is 3. The van der Waals surface area contributed by atoms with Gasteiger partial charge in [0.15, 0.2) is 0 Å². The third-order valence-electron chi connectivity index (χ3n) is 6.79. The molecular weight excluding hydrogens is 408 g/mol. The monoisotopic (exact) mass is 438 g/mol. The predicted octanol–water partition coefficient (Wildman–Crippen LogP) is 2.81. The first-order valence-corrected chi connectivity index (χ1v) is 11.4. The molecule has 1 aromatic heterocycles. The van der Waals surface area contributed by atoms with E-state index in [1.165, 1.54) is 5.56 Å². The number of benzene rings is 1. The maximum Gasteiger partial charge on any atom is 0.234 e. The van der Waals surface area contributed by atoms with Crippen LogP contribution in [0, 0.1) is 12.8 Å². The minimum atomic E-state index is -0.772. The van der Waals surface area contributed by atoms with E-state index in [9.17, 15) is 9.90 Å². The van der Waals surface area contributed by atoms with Gasteiger partial charge in [-0.15, -0.1) is 0 Å². The topological polar surface area (TPSA) is 100 Å². The second kappa shape index (κ2) is 8.01. The highest BCUT2D eigenvalue weighted by molar-refractivity contribution is 5.94. The van der Waals surface area contributed by atoms with Crippen LogP contribution in [0.4, 0.5) is 0 Å². The summed E-state index contributed by atoms with van der Waals surface area (Å²) < 4.78 is 5.45. The molecule has 0 radical (unpaired) electrons. The molecule has 3 heterocycles. The molecule has 32 heavy (non-hydrogen) atoms. The molecule has 5 rings (SSSR count). The predicted molar refractivity (Wildman–Crippen MR) is 118 cm³/mol. The Labute approximate surface area is 187 Å². The minimum absolute atomic E-state index is 0.0135. The molecule has 2 aromatic rings. The van der Waals surface area contributed by atoms with Crippen LogP contribution in [0.5, 0.6) is 0 Å². The smallest absolute Gasteiger partial charge is 0.234 e. The number of carbonyl (C=O) groups excluding carboxylic acids is 1. The van der Waals surface area contributed by atoms with Crippen LogP contribution >= 0.6 is 0 Å². The summed E-state index contributed by atoms with van der Waals surface area (Å²) in [4.78, 5) is 26.5. The van der Waals surface area contributed by atoms with Crippen LogP contribution in [0.25, 0.3) is 0 Å². The fourth-order valence-electron chi connectivity index (χ4n) is 5.27. The van der Waals surface area contributed by atoms with E-state index in [0.29, 0.717) is 18.0 Å². The Morgan fingerprint density at radius 1 is 1.34 bits per heavy atom. The highest BCUT2D eigenvalue weighted by atomic mass is 16.7. The molecule has 1 fully saturated rings. The van der Waals surface area contributed by atoms with Crippen molar-refractivity contribution in [2.24, 2.45) is 10.9 Å². The van der Waals surface area contributed by atoms with Crippen molar-refractivity contribution in [3.8, 4) is 0 Å². The van der Waals surface area contributed by atoms with E-state index in [1.54, 1.807) is 4.90 Å². The summed E-state index contributed by atoms with van der Waals surface area (Å²) in [6.45, 7) is 6.08. The van der Waals surface area contributed by atoms with Gasteiger partial charge in [-0.25, -0.2) is 15.3 Å². The fraction of sp³-hybridized carbons (Fsp3) is 0.542. The number of hydrogen-bond acceptors (Lipinski definition) is 7. The van der Waals surface area contributed by atoms with E-state index in [0.717, 1.165) is 30.5 Å². The average molecular weight is 439 g/mol. The number of aliphatic hydroxyl groups is 1. The lowest BCUT2D eigenvalue weighted by Gasteiger charge is -2.30. The highest BCUT2D eigenvalue weighted by Crippen LogP contribution is 2.42. The van der Waals surface area contributed by atoms with E-state index in [2.05, 4.69) is 22.8 Å². The van der Waals surface area contributed by atoms with E-state index in [1.807, 2.05) is 39.0 Å². The normalized spacial score (nSPS) is 28.0. The number of likely N-dealkylation sites (tertiary alicyclic amines) is 1. The van der Waals surface area contributed by atoms with Crippen molar-refractivity contribution in [2.75, 3.05) is 6.54 Å². The van der Waals surface area contributed by atoms with E-state index >= 15 is 0 Å². The Morgan fingerprint density at radius 3 is 2.91 bits per heavy atom. The molecule has 2 N–H and O–H groups in total. The number of nitrogens with one attached hydrogen (secondary N) is 1. The van der Waals surface area contributed by atoms with Gasteiger partial charge in [-0.05, 0) is 31.2 Å². The Balaban J connectivity index is 1.46. The molecule has 1 aromatic carbocycles. The number of hydrogen-bond donors (Lipinski definition) is 2. The number of amides is 1. The van der Waals surface area contributed by atoms with Gasteiger partial charge in [-0.1, -0.05) is 43.3 Å². The molecule has 1 spiro atoms. The third-order valence-corrected chi connectivity index (χ3v) is 6.79. The summed E-state index contributed by atoms with van der Waals surface area (Å²) in [6, 6.07) is 9.66. The standard InChI is InChI=1S/C24H30N4O4/c1-14(2)21(20-11-15(3)26-31-20)23(30)28-13-17(29)12-19(28)22-25-24(32-27-22)10-6-8-16-7-4-5-9-18(16)24/h4-5,7,9,11,14,17,19,21,29H,6,8,10,12-13H2,1-3H3,(H,25,27). The number of aliphatic imine (C=N–C) groups is 1. The maximum absolute atomic E-state index is 13.7. The number of hydroxylamine groups is 1. The van der Waals surface area contributed by atoms with Gasteiger partial charge < -0.3 is 14.5 Å². The average Bonchev–Trinajstić information content (AvgIpc) is 3.48. The molecule has 0 saturated carbocycles. The van der Waals surface area contributed by atoms with Gasteiger partial charge in [0, 0.05) is 31.0 Å². The lowest BCUT2D eigenvalue weighted by atomic mass is 9.85. The number of aliphatic hydroxyl groups excluding tert-OH is 1. The number of fused-ring (bicyclic) bond motifs is 2. The first-order chi connectivity index (χ1) is 15.4. The number of aromatic nitrogens is 1. The van der Waals surface area contributed by atoms with E-state index < -0.39 is 17.7 Å². The molecule has 170 valence electrons. The molecule has 1 amide bonds. The van der Waals surface area contributed by atoms with Crippen LogP contribution in [-0.2, 0) is 21.8 Å². The van der Waals surface area contributed by atoms with Crippen LogP contribution in [0.2, 0.25) is 0 Å². The van der Waals surface area contributed by atoms with Crippen LogP contribution in [-0.4, -0.2) is 45.6 Å². The van der Waals surface area contributed by atoms with Crippen molar-refractivity contribution in [3.05, 3.63) is 52.9 Å². The van der Waals surface area contributed by atoms with Gasteiger partial charge in [0.25, 0.3) is 0 Å². The summed E-state index contributed by atoms with van der Waals surface area (Å²) in [5, 5.41) is 14.4. The number of amidine groups is 1.